The average molecular weight is 346 g/mol. The maximum Gasteiger partial charge on any atom is 0.205 e. The highest BCUT2D eigenvalue weighted by molar-refractivity contribution is 7.15. The van der Waals surface area contributed by atoms with Gasteiger partial charge in [-0.3, -0.25) is 0 Å². The number of hydrogen-bond donors (Lipinski definition) is 1. The zero-order valence-electron chi connectivity index (χ0n) is 13.8. The first-order valence-corrected chi connectivity index (χ1v) is 8.58. The second kappa shape index (κ2) is 7.09. The third-order valence-corrected chi connectivity index (χ3v) is 4.65. The summed E-state index contributed by atoms with van der Waals surface area (Å²) in [6.45, 7) is 5.96. The van der Waals surface area contributed by atoms with Gasteiger partial charge >= 0.3 is 0 Å². The molecule has 1 unspecified atom stereocenters. The number of anilines is 1. The molecule has 0 aliphatic carbocycles. The number of nitrogens with zero attached hydrogens (tertiary/aromatic N) is 3. The summed E-state index contributed by atoms with van der Waals surface area (Å²) in [6.07, 6.45) is 1.46. The highest BCUT2D eigenvalue weighted by atomic mass is 32.1. The Bertz CT molecular complexity index is 793. The number of hydrogen-bond acceptors (Lipinski definition) is 6. The van der Waals surface area contributed by atoms with E-state index >= 15 is 0 Å². The summed E-state index contributed by atoms with van der Waals surface area (Å²) in [6, 6.07) is 6.64. The van der Waals surface area contributed by atoms with Gasteiger partial charge in [0.1, 0.15) is 16.6 Å². The fourth-order valence-corrected chi connectivity index (χ4v) is 3.41. The molecule has 0 fully saturated rings. The lowest BCUT2D eigenvalue weighted by molar-refractivity contribution is 0.392. The Morgan fingerprint density at radius 3 is 2.62 bits per heavy atom. The summed E-state index contributed by atoms with van der Waals surface area (Å²) in [5, 5.41) is 17.4. The molecule has 1 aromatic carbocycles. The number of halogens is 1. The van der Waals surface area contributed by atoms with Crippen LogP contribution in [0.15, 0.2) is 28.8 Å². The van der Waals surface area contributed by atoms with Crippen LogP contribution < -0.4 is 5.32 Å². The lowest BCUT2D eigenvalue weighted by Crippen LogP contribution is -2.18. The molecule has 7 heteroatoms. The SMILES string of the molecule is Cc1noc(C)c1CC(C)Nc1nnc(Cc2ccc(F)cc2)s1. The number of benzene rings is 1. The molecule has 0 amide bonds. The van der Waals surface area contributed by atoms with E-state index in [2.05, 4.69) is 27.6 Å². The summed E-state index contributed by atoms with van der Waals surface area (Å²) in [5.41, 5.74) is 3.07. The Balaban J connectivity index is 1.60. The van der Waals surface area contributed by atoms with Crippen molar-refractivity contribution in [2.45, 2.75) is 39.7 Å². The van der Waals surface area contributed by atoms with Crippen molar-refractivity contribution in [1.29, 1.82) is 0 Å². The largest absolute Gasteiger partial charge is 0.361 e. The Morgan fingerprint density at radius 1 is 1.21 bits per heavy atom. The molecule has 24 heavy (non-hydrogen) atoms. The first-order chi connectivity index (χ1) is 11.5. The zero-order valence-corrected chi connectivity index (χ0v) is 14.7. The van der Waals surface area contributed by atoms with Gasteiger partial charge in [0.2, 0.25) is 5.13 Å². The van der Waals surface area contributed by atoms with Gasteiger partial charge in [0, 0.05) is 18.0 Å². The molecule has 0 saturated heterocycles. The highest BCUT2D eigenvalue weighted by Crippen LogP contribution is 2.21. The van der Waals surface area contributed by atoms with Crippen LogP contribution in [0.2, 0.25) is 0 Å². The standard InChI is InChI=1S/C17H19FN4OS/c1-10(8-15-11(2)22-23-12(15)3)19-17-21-20-16(24-17)9-13-4-6-14(18)7-5-13/h4-7,10H,8-9H2,1-3H3,(H,19,21). The van der Waals surface area contributed by atoms with Gasteiger partial charge in [-0.15, -0.1) is 10.2 Å². The van der Waals surface area contributed by atoms with Gasteiger partial charge in [0.25, 0.3) is 0 Å². The molecule has 0 aliphatic rings. The third-order valence-electron chi connectivity index (χ3n) is 3.80. The minimum Gasteiger partial charge on any atom is -0.361 e. The predicted molar refractivity (Wildman–Crippen MR) is 91.9 cm³/mol. The van der Waals surface area contributed by atoms with E-state index in [9.17, 15) is 4.39 Å². The lowest BCUT2D eigenvalue weighted by atomic mass is 10.1. The van der Waals surface area contributed by atoms with E-state index in [0.29, 0.717) is 6.42 Å². The quantitative estimate of drug-likeness (QED) is 0.733. The first kappa shape index (κ1) is 16.6. The van der Waals surface area contributed by atoms with Crippen LogP contribution in [0.5, 0.6) is 0 Å². The molecule has 1 N–H and O–H groups in total. The van der Waals surface area contributed by atoms with Gasteiger partial charge in [-0.25, -0.2) is 4.39 Å². The van der Waals surface area contributed by atoms with Crippen LogP contribution >= 0.6 is 11.3 Å². The minimum atomic E-state index is -0.230. The summed E-state index contributed by atoms with van der Waals surface area (Å²) < 4.78 is 18.1. The van der Waals surface area contributed by atoms with Crippen molar-refractivity contribution < 1.29 is 8.91 Å². The maximum atomic E-state index is 12.9. The van der Waals surface area contributed by atoms with E-state index in [-0.39, 0.29) is 11.9 Å². The van der Waals surface area contributed by atoms with Crippen LogP contribution in [0.3, 0.4) is 0 Å². The summed E-state index contributed by atoms with van der Waals surface area (Å²) in [4.78, 5) is 0. The number of aryl methyl sites for hydroxylation is 2. The van der Waals surface area contributed by atoms with Crippen LogP contribution in [0.1, 0.15) is 34.5 Å². The van der Waals surface area contributed by atoms with Crippen molar-refractivity contribution in [3.05, 3.63) is 57.7 Å². The lowest BCUT2D eigenvalue weighted by Gasteiger charge is -2.11. The van der Waals surface area contributed by atoms with E-state index in [0.717, 1.165) is 39.1 Å². The van der Waals surface area contributed by atoms with Crippen LogP contribution in [0, 0.1) is 19.7 Å². The number of aromatic nitrogens is 3. The molecule has 3 rings (SSSR count). The van der Waals surface area contributed by atoms with E-state index < -0.39 is 0 Å². The van der Waals surface area contributed by atoms with Gasteiger partial charge in [-0.05, 0) is 44.9 Å². The van der Waals surface area contributed by atoms with Gasteiger partial charge in [-0.2, -0.15) is 0 Å². The van der Waals surface area contributed by atoms with Crippen molar-refractivity contribution in [3.63, 3.8) is 0 Å². The minimum absolute atomic E-state index is 0.188. The van der Waals surface area contributed by atoms with E-state index in [1.54, 1.807) is 12.1 Å². The molecule has 2 aromatic heterocycles. The van der Waals surface area contributed by atoms with Crippen molar-refractivity contribution >= 4 is 16.5 Å². The van der Waals surface area contributed by atoms with Crippen molar-refractivity contribution in [2.75, 3.05) is 5.32 Å². The Hall–Kier alpha value is -2.28. The molecule has 126 valence electrons. The second-order valence-electron chi connectivity index (χ2n) is 5.86. The third kappa shape index (κ3) is 3.97. The zero-order chi connectivity index (χ0) is 17.1. The average Bonchev–Trinajstić information content (AvgIpc) is 3.11. The molecule has 0 saturated carbocycles. The molecule has 1 atom stereocenters. The van der Waals surface area contributed by atoms with Crippen LogP contribution in [-0.2, 0) is 12.8 Å². The maximum absolute atomic E-state index is 12.9. The topological polar surface area (TPSA) is 63.8 Å². The van der Waals surface area contributed by atoms with Crippen LogP contribution in [-0.4, -0.2) is 21.4 Å². The van der Waals surface area contributed by atoms with E-state index in [4.69, 9.17) is 4.52 Å². The molecule has 0 spiro atoms. The van der Waals surface area contributed by atoms with Gasteiger partial charge < -0.3 is 9.84 Å². The summed E-state index contributed by atoms with van der Waals surface area (Å²) in [5.74, 6) is 0.627. The number of nitrogens with one attached hydrogen (secondary N) is 1. The van der Waals surface area contributed by atoms with E-state index in [1.807, 2.05) is 13.8 Å². The number of rotatable bonds is 6. The smallest absolute Gasteiger partial charge is 0.205 e. The molecule has 0 radical (unpaired) electrons. The highest BCUT2D eigenvalue weighted by Gasteiger charge is 2.14. The molecule has 3 aromatic rings. The normalized spacial score (nSPS) is 12.3. The molecular weight excluding hydrogens is 327 g/mol. The first-order valence-electron chi connectivity index (χ1n) is 7.76. The molecular formula is C17H19FN4OS. The molecule has 0 aliphatic heterocycles. The van der Waals surface area contributed by atoms with Crippen molar-refractivity contribution in [2.24, 2.45) is 0 Å². The fraction of sp³-hybridized carbons (Fsp3) is 0.353. The molecule has 0 bridgehead atoms. The molecule has 5 nitrogen and oxygen atoms in total. The van der Waals surface area contributed by atoms with Crippen molar-refractivity contribution in [3.8, 4) is 0 Å². The van der Waals surface area contributed by atoms with Crippen LogP contribution in [0.25, 0.3) is 0 Å². The van der Waals surface area contributed by atoms with Crippen molar-refractivity contribution in [1.82, 2.24) is 15.4 Å². The predicted octanol–water partition coefficient (Wildman–Crippen LogP) is 3.92. The summed E-state index contributed by atoms with van der Waals surface area (Å²) >= 11 is 1.52. The molecule has 2 heterocycles. The monoisotopic (exact) mass is 346 g/mol. The Labute approximate surface area is 143 Å². The fourth-order valence-electron chi connectivity index (χ4n) is 2.52. The van der Waals surface area contributed by atoms with Crippen LogP contribution in [0.4, 0.5) is 9.52 Å². The van der Waals surface area contributed by atoms with Gasteiger partial charge in [0.15, 0.2) is 0 Å². The van der Waals surface area contributed by atoms with Gasteiger partial charge in [0.05, 0.1) is 5.69 Å². The summed E-state index contributed by atoms with van der Waals surface area (Å²) in [7, 11) is 0. The second-order valence-corrected chi connectivity index (χ2v) is 6.92. The van der Waals surface area contributed by atoms with E-state index in [1.165, 1.54) is 23.5 Å². The Morgan fingerprint density at radius 2 is 1.96 bits per heavy atom. The van der Waals surface area contributed by atoms with Gasteiger partial charge in [-0.1, -0.05) is 28.6 Å². The Kier molecular flexibility index (Phi) is 4.89.